The second-order valence-electron chi connectivity index (χ2n) is 2.01. The molecule has 2 heterocycles. The standard InChI is InChI=1S/C6H5ClOS/c7-6-1-4(3-9-6)5-2-8-5/h1,3,5H,2H2/t5-/m1/s1. The highest BCUT2D eigenvalue weighted by Crippen LogP contribution is 2.34. The fraction of sp³-hybridized carbons (Fsp3) is 0.333. The van der Waals surface area contributed by atoms with E-state index in [9.17, 15) is 0 Å². The van der Waals surface area contributed by atoms with Crippen molar-refractivity contribution in [3.8, 4) is 0 Å². The molecule has 0 aliphatic carbocycles. The van der Waals surface area contributed by atoms with Gasteiger partial charge in [0.05, 0.1) is 10.9 Å². The van der Waals surface area contributed by atoms with Crippen molar-refractivity contribution in [2.75, 3.05) is 6.61 Å². The number of halogens is 1. The van der Waals surface area contributed by atoms with Crippen molar-refractivity contribution in [3.05, 3.63) is 21.3 Å². The molecule has 1 aromatic heterocycles. The molecule has 0 unspecified atom stereocenters. The summed E-state index contributed by atoms with van der Waals surface area (Å²) in [5.41, 5.74) is 1.23. The second-order valence-corrected chi connectivity index (χ2v) is 3.55. The monoisotopic (exact) mass is 160 g/mol. The lowest BCUT2D eigenvalue weighted by Gasteiger charge is -1.80. The minimum absolute atomic E-state index is 0.355. The van der Waals surface area contributed by atoms with E-state index in [1.54, 1.807) is 11.3 Å². The fourth-order valence-electron chi connectivity index (χ4n) is 0.733. The van der Waals surface area contributed by atoms with E-state index in [0.717, 1.165) is 10.9 Å². The van der Waals surface area contributed by atoms with Crippen molar-refractivity contribution >= 4 is 22.9 Å². The fourth-order valence-corrected chi connectivity index (χ4v) is 1.67. The van der Waals surface area contributed by atoms with Crippen molar-refractivity contribution in [3.63, 3.8) is 0 Å². The molecule has 1 nitrogen and oxygen atoms in total. The Kier molecular flexibility index (Phi) is 1.25. The summed E-state index contributed by atoms with van der Waals surface area (Å²) < 4.78 is 5.90. The van der Waals surface area contributed by atoms with Crippen LogP contribution in [-0.4, -0.2) is 6.61 Å². The maximum absolute atomic E-state index is 5.70. The van der Waals surface area contributed by atoms with Crippen LogP contribution in [0.25, 0.3) is 0 Å². The van der Waals surface area contributed by atoms with Crippen LogP contribution in [0.15, 0.2) is 11.4 Å². The Balaban J connectivity index is 2.28. The maximum Gasteiger partial charge on any atom is 0.107 e. The molecule has 0 N–H and O–H groups in total. The highest BCUT2D eigenvalue weighted by Gasteiger charge is 2.25. The third-order valence-electron chi connectivity index (χ3n) is 1.29. The molecule has 3 heteroatoms. The molecular formula is C6H5ClOS. The summed E-state index contributed by atoms with van der Waals surface area (Å²) in [6, 6.07) is 1.96. The van der Waals surface area contributed by atoms with Crippen LogP contribution in [0.1, 0.15) is 11.7 Å². The Hall–Kier alpha value is -0.0500. The van der Waals surface area contributed by atoms with E-state index in [4.69, 9.17) is 16.3 Å². The molecule has 0 radical (unpaired) electrons. The first kappa shape index (κ1) is 5.71. The first-order chi connectivity index (χ1) is 4.36. The van der Waals surface area contributed by atoms with Crippen LogP contribution >= 0.6 is 22.9 Å². The minimum atomic E-state index is 0.355. The van der Waals surface area contributed by atoms with Gasteiger partial charge in [-0.15, -0.1) is 11.3 Å². The number of hydrogen-bond donors (Lipinski definition) is 0. The van der Waals surface area contributed by atoms with E-state index >= 15 is 0 Å². The van der Waals surface area contributed by atoms with Gasteiger partial charge in [0.15, 0.2) is 0 Å². The molecule has 0 bridgehead atoms. The molecule has 0 amide bonds. The lowest BCUT2D eigenvalue weighted by Crippen LogP contribution is -1.69. The molecule has 0 spiro atoms. The second kappa shape index (κ2) is 1.97. The predicted octanol–water partition coefficient (Wildman–Crippen LogP) is 2.47. The van der Waals surface area contributed by atoms with Gasteiger partial charge in [-0.2, -0.15) is 0 Å². The van der Waals surface area contributed by atoms with Crippen molar-refractivity contribution in [1.29, 1.82) is 0 Å². The highest BCUT2D eigenvalue weighted by atomic mass is 35.5. The summed E-state index contributed by atoms with van der Waals surface area (Å²) in [5.74, 6) is 0. The van der Waals surface area contributed by atoms with Crippen LogP contribution in [-0.2, 0) is 4.74 Å². The Bertz CT molecular complexity index is 217. The van der Waals surface area contributed by atoms with Crippen LogP contribution in [0.3, 0.4) is 0 Å². The van der Waals surface area contributed by atoms with Crippen LogP contribution in [0.5, 0.6) is 0 Å². The zero-order valence-corrected chi connectivity index (χ0v) is 6.21. The molecule has 1 fully saturated rings. The molecule has 1 aliphatic heterocycles. The first-order valence-corrected chi connectivity index (χ1v) is 3.97. The van der Waals surface area contributed by atoms with Crippen LogP contribution in [0, 0.1) is 0 Å². The summed E-state index contributed by atoms with van der Waals surface area (Å²) in [6.07, 6.45) is 0.355. The average molecular weight is 161 g/mol. The molecule has 0 saturated carbocycles. The van der Waals surface area contributed by atoms with Crippen LogP contribution in [0.2, 0.25) is 4.34 Å². The normalized spacial score (nSPS) is 24.3. The zero-order valence-electron chi connectivity index (χ0n) is 4.63. The largest absolute Gasteiger partial charge is 0.368 e. The van der Waals surface area contributed by atoms with Gasteiger partial charge in [-0.3, -0.25) is 0 Å². The van der Waals surface area contributed by atoms with Gasteiger partial charge in [0, 0.05) is 0 Å². The predicted molar refractivity (Wildman–Crippen MR) is 38.0 cm³/mol. The van der Waals surface area contributed by atoms with E-state index in [-0.39, 0.29) is 0 Å². The lowest BCUT2D eigenvalue weighted by atomic mass is 10.3. The van der Waals surface area contributed by atoms with Gasteiger partial charge in [0.2, 0.25) is 0 Å². The Morgan fingerprint density at radius 2 is 2.56 bits per heavy atom. The SMILES string of the molecule is Clc1cc([C@H]2CO2)cs1. The quantitative estimate of drug-likeness (QED) is 0.575. The zero-order chi connectivity index (χ0) is 6.27. The number of epoxide rings is 1. The van der Waals surface area contributed by atoms with Crippen molar-refractivity contribution in [2.24, 2.45) is 0 Å². The summed E-state index contributed by atoms with van der Waals surface area (Å²) >= 11 is 7.25. The number of rotatable bonds is 1. The van der Waals surface area contributed by atoms with Gasteiger partial charge in [-0.1, -0.05) is 11.6 Å². The van der Waals surface area contributed by atoms with Crippen LogP contribution in [0.4, 0.5) is 0 Å². The molecule has 1 aliphatic rings. The maximum atomic E-state index is 5.70. The van der Waals surface area contributed by atoms with Gasteiger partial charge >= 0.3 is 0 Å². The number of thiophene rings is 1. The molecule has 1 aromatic rings. The van der Waals surface area contributed by atoms with E-state index in [2.05, 4.69) is 0 Å². The lowest BCUT2D eigenvalue weighted by molar-refractivity contribution is 0.416. The molecule has 0 aromatic carbocycles. The molecule has 2 rings (SSSR count). The summed E-state index contributed by atoms with van der Waals surface area (Å²) in [5, 5.41) is 2.04. The topological polar surface area (TPSA) is 12.5 Å². The van der Waals surface area contributed by atoms with Crippen molar-refractivity contribution in [2.45, 2.75) is 6.10 Å². The van der Waals surface area contributed by atoms with E-state index in [1.807, 2.05) is 11.4 Å². The third-order valence-corrected chi connectivity index (χ3v) is 2.40. The van der Waals surface area contributed by atoms with Gasteiger partial charge in [-0.05, 0) is 17.0 Å². The summed E-state index contributed by atoms with van der Waals surface area (Å²) in [4.78, 5) is 0. The first-order valence-electron chi connectivity index (χ1n) is 2.72. The Labute approximate surface area is 62.2 Å². The van der Waals surface area contributed by atoms with E-state index < -0.39 is 0 Å². The highest BCUT2D eigenvalue weighted by molar-refractivity contribution is 7.14. The third kappa shape index (κ3) is 1.11. The average Bonchev–Trinajstić information content (AvgIpc) is 2.58. The van der Waals surface area contributed by atoms with Gasteiger partial charge in [-0.25, -0.2) is 0 Å². The number of hydrogen-bond acceptors (Lipinski definition) is 2. The minimum Gasteiger partial charge on any atom is -0.368 e. The van der Waals surface area contributed by atoms with Crippen LogP contribution < -0.4 is 0 Å². The molecule has 48 valence electrons. The Morgan fingerprint density at radius 3 is 3.00 bits per heavy atom. The molecule has 1 atom stereocenters. The van der Waals surface area contributed by atoms with Gasteiger partial charge in [0.25, 0.3) is 0 Å². The van der Waals surface area contributed by atoms with Crippen molar-refractivity contribution < 1.29 is 4.74 Å². The number of ether oxygens (including phenoxy) is 1. The Morgan fingerprint density at radius 1 is 1.78 bits per heavy atom. The van der Waals surface area contributed by atoms with E-state index in [1.165, 1.54) is 5.56 Å². The van der Waals surface area contributed by atoms with Gasteiger partial charge in [0.1, 0.15) is 6.10 Å². The smallest absolute Gasteiger partial charge is 0.107 e. The van der Waals surface area contributed by atoms with Gasteiger partial charge < -0.3 is 4.74 Å². The summed E-state index contributed by atoms with van der Waals surface area (Å²) in [7, 11) is 0. The van der Waals surface area contributed by atoms with Crippen molar-refractivity contribution in [1.82, 2.24) is 0 Å². The van der Waals surface area contributed by atoms with E-state index in [0.29, 0.717) is 6.10 Å². The molecule has 1 saturated heterocycles. The molecule has 9 heavy (non-hydrogen) atoms. The summed E-state index contributed by atoms with van der Waals surface area (Å²) in [6.45, 7) is 0.868. The molecular weight excluding hydrogens is 156 g/mol.